The molecule has 1 aromatic carbocycles. The molecule has 19 heavy (non-hydrogen) atoms. The van der Waals surface area contributed by atoms with Gasteiger partial charge in [-0.1, -0.05) is 35.0 Å². The van der Waals surface area contributed by atoms with Crippen LogP contribution >= 0.6 is 27.3 Å². The van der Waals surface area contributed by atoms with E-state index in [1.807, 2.05) is 17.5 Å². The lowest BCUT2D eigenvalue weighted by molar-refractivity contribution is 0.529. The highest BCUT2D eigenvalue weighted by Crippen LogP contribution is 2.35. The van der Waals surface area contributed by atoms with E-state index >= 15 is 0 Å². The van der Waals surface area contributed by atoms with E-state index < -0.39 is 0 Å². The maximum Gasteiger partial charge on any atom is 0.107 e. The van der Waals surface area contributed by atoms with Gasteiger partial charge in [-0.2, -0.15) is 0 Å². The van der Waals surface area contributed by atoms with Crippen molar-refractivity contribution in [2.24, 2.45) is 0 Å². The Kier molecular flexibility index (Phi) is 4.01. The van der Waals surface area contributed by atoms with Crippen LogP contribution in [0.1, 0.15) is 40.4 Å². The number of rotatable bonds is 4. The number of hydrogen-bond donors (Lipinski definition) is 1. The molecule has 1 atom stereocenters. The predicted octanol–water partition coefficient (Wildman–Crippen LogP) is 4.25. The Hall–Kier alpha value is -0.710. The Bertz CT molecular complexity index is 579. The molecule has 0 spiro atoms. The van der Waals surface area contributed by atoms with Crippen LogP contribution < -0.4 is 5.32 Å². The number of thiazole rings is 1. The highest BCUT2D eigenvalue weighted by atomic mass is 79.9. The van der Waals surface area contributed by atoms with Crippen LogP contribution in [-0.4, -0.2) is 4.98 Å². The van der Waals surface area contributed by atoms with Gasteiger partial charge in [0.1, 0.15) is 5.01 Å². The van der Waals surface area contributed by atoms with E-state index in [2.05, 4.69) is 51.4 Å². The first-order valence-corrected chi connectivity index (χ1v) is 8.33. The van der Waals surface area contributed by atoms with Gasteiger partial charge in [0.15, 0.2) is 0 Å². The number of nitrogens with one attached hydrogen (secondary N) is 1. The van der Waals surface area contributed by atoms with Crippen molar-refractivity contribution in [3.63, 3.8) is 0 Å². The molecule has 4 heteroatoms. The number of aryl methyl sites for hydroxylation is 1. The quantitative estimate of drug-likeness (QED) is 0.902. The van der Waals surface area contributed by atoms with Gasteiger partial charge in [-0.05, 0) is 36.5 Å². The Morgan fingerprint density at radius 3 is 3.16 bits per heavy atom. The Labute approximate surface area is 126 Å². The largest absolute Gasteiger partial charge is 0.304 e. The van der Waals surface area contributed by atoms with Crippen molar-refractivity contribution in [1.29, 1.82) is 0 Å². The van der Waals surface area contributed by atoms with Crippen LogP contribution in [0.2, 0.25) is 0 Å². The van der Waals surface area contributed by atoms with E-state index in [9.17, 15) is 0 Å². The monoisotopic (exact) mass is 336 g/mol. The van der Waals surface area contributed by atoms with E-state index in [4.69, 9.17) is 0 Å². The predicted molar refractivity (Wildman–Crippen MR) is 83.5 cm³/mol. The molecule has 1 aliphatic carbocycles. The highest BCUT2D eigenvalue weighted by molar-refractivity contribution is 9.10. The second-order valence-corrected chi connectivity index (χ2v) is 6.91. The zero-order valence-electron chi connectivity index (χ0n) is 10.9. The number of benzene rings is 1. The minimum absolute atomic E-state index is 0.474. The molecule has 2 aromatic rings. The second kappa shape index (κ2) is 5.73. The van der Waals surface area contributed by atoms with Gasteiger partial charge < -0.3 is 5.32 Å². The molecular formula is C15H17BrN2S. The van der Waals surface area contributed by atoms with Gasteiger partial charge in [-0.3, -0.25) is 0 Å². The molecule has 2 nitrogen and oxygen atoms in total. The molecule has 3 rings (SSSR count). The van der Waals surface area contributed by atoms with Gasteiger partial charge in [-0.25, -0.2) is 4.98 Å². The third kappa shape index (κ3) is 2.76. The molecule has 0 radical (unpaired) electrons. The molecule has 0 fully saturated rings. The number of aromatic nitrogens is 1. The van der Waals surface area contributed by atoms with Gasteiger partial charge in [0, 0.05) is 28.1 Å². The molecule has 0 saturated heterocycles. The third-order valence-electron chi connectivity index (χ3n) is 3.66. The van der Waals surface area contributed by atoms with Crippen LogP contribution in [0.5, 0.6) is 0 Å². The normalized spacial score (nSPS) is 17.7. The molecule has 1 aromatic heterocycles. The molecule has 0 aliphatic heterocycles. The zero-order chi connectivity index (χ0) is 13.2. The first-order valence-electron chi connectivity index (χ1n) is 6.72. The molecular weight excluding hydrogens is 320 g/mol. The lowest BCUT2D eigenvalue weighted by atomic mass is 10.1. The molecule has 1 aliphatic rings. The zero-order valence-corrected chi connectivity index (χ0v) is 13.4. The van der Waals surface area contributed by atoms with Gasteiger partial charge in [0.05, 0.1) is 0 Å². The fraction of sp³-hybridized carbons (Fsp3) is 0.400. The number of nitrogens with zero attached hydrogens (tertiary/aromatic N) is 1. The van der Waals surface area contributed by atoms with Crippen LogP contribution in [0.25, 0.3) is 0 Å². The van der Waals surface area contributed by atoms with Crippen molar-refractivity contribution in [3.05, 3.63) is 49.9 Å². The van der Waals surface area contributed by atoms with Gasteiger partial charge in [-0.15, -0.1) is 11.3 Å². The SMILES string of the molecule is CCc1cnc(CNC2CCc3c(Br)cccc32)s1. The molecule has 0 bridgehead atoms. The van der Waals surface area contributed by atoms with Crippen LogP contribution in [-0.2, 0) is 19.4 Å². The Morgan fingerprint density at radius 1 is 1.47 bits per heavy atom. The number of hydrogen-bond acceptors (Lipinski definition) is 3. The fourth-order valence-corrected chi connectivity index (χ4v) is 4.02. The Morgan fingerprint density at radius 2 is 2.37 bits per heavy atom. The third-order valence-corrected chi connectivity index (χ3v) is 5.55. The van der Waals surface area contributed by atoms with E-state index in [0.29, 0.717) is 6.04 Å². The summed E-state index contributed by atoms with van der Waals surface area (Å²) >= 11 is 5.46. The maximum absolute atomic E-state index is 4.47. The van der Waals surface area contributed by atoms with Crippen molar-refractivity contribution in [3.8, 4) is 0 Å². The van der Waals surface area contributed by atoms with Gasteiger partial charge in [0.25, 0.3) is 0 Å². The minimum atomic E-state index is 0.474. The molecule has 0 amide bonds. The van der Waals surface area contributed by atoms with Crippen LogP contribution in [0, 0.1) is 0 Å². The molecule has 1 N–H and O–H groups in total. The van der Waals surface area contributed by atoms with Crippen molar-refractivity contribution in [1.82, 2.24) is 10.3 Å². The van der Waals surface area contributed by atoms with Crippen LogP contribution in [0.15, 0.2) is 28.9 Å². The second-order valence-electron chi connectivity index (χ2n) is 4.85. The molecule has 1 heterocycles. The summed E-state index contributed by atoms with van der Waals surface area (Å²) in [7, 11) is 0. The summed E-state index contributed by atoms with van der Waals surface area (Å²) in [5.74, 6) is 0. The topological polar surface area (TPSA) is 24.9 Å². The molecule has 100 valence electrons. The number of fused-ring (bicyclic) bond motifs is 1. The van der Waals surface area contributed by atoms with Gasteiger partial charge in [0.2, 0.25) is 0 Å². The van der Waals surface area contributed by atoms with Crippen molar-refractivity contribution in [2.45, 2.75) is 38.8 Å². The summed E-state index contributed by atoms with van der Waals surface area (Å²) < 4.78 is 1.25. The van der Waals surface area contributed by atoms with E-state index in [1.54, 1.807) is 0 Å². The average molecular weight is 337 g/mol. The van der Waals surface area contributed by atoms with E-state index in [1.165, 1.54) is 31.9 Å². The summed E-state index contributed by atoms with van der Waals surface area (Å²) in [6.07, 6.45) is 5.42. The van der Waals surface area contributed by atoms with E-state index in [-0.39, 0.29) is 0 Å². The molecule has 1 unspecified atom stereocenters. The standard InChI is InChI=1S/C15H17BrN2S/c1-2-10-8-18-15(19-10)9-17-14-7-6-11-12(14)4-3-5-13(11)16/h3-5,8,14,17H,2,6-7,9H2,1H3. The molecule has 0 saturated carbocycles. The minimum Gasteiger partial charge on any atom is -0.304 e. The number of halogens is 1. The maximum atomic E-state index is 4.47. The summed E-state index contributed by atoms with van der Waals surface area (Å²) in [5, 5.41) is 4.84. The average Bonchev–Trinajstić information content (AvgIpc) is 3.03. The van der Waals surface area contributed by atoms with Crippen LogP contribution in [0.4, 0.5) is 0 Å². The first-order chi connectivity index (χ1) is 9.28. The summed E-state index contributed by atoms with van der Waals surface area (Å²) in [6, 6.07) is 6.97. The van der Waals surface area contributed by atoms with Crippen molar-refractivity contribution < 1.29 is 0 Å². The lowest BCUT2D eigenvalue weighted by Crippen LogP contribution is -2.18. The fourth-order valence-electron chi connectivity index (χ4n) is 2.63. The summed E-state index contributed by atoms with van der Waals surface area (Å²) in [5.41, 5.74) is 2.91. The Balaban J connectivity index is 1.68. The van der Waals surface area contributed by atoms with Crippen LogP contribution in [0.3, 0.4) is 0 Å². The smallest absolute Gasteiger partial charge is 0.107 e. The van der Waals surface area contributed by atoms with Crippen molar-refractivity contribution >= 4 is 27.3 Å². The van der Waals surface area contributed by atoms with Gasteiger partial charge >= 0.3 is 0 Å². The summed E-state index contributed by atoms with van der Waals surface area (Å²) in [6.45, 7) is 3.05. The first kappa shape index (κ1) is 13.3. The van der Waals surface area contributed by atoms with Crippen molar-refractivity contribution in [2.75, 3.05) is 0 Å². The van der Waals surface area contributed by atoms with E-state index in [0.717, 1.165) is 19.4 Å². The highest BCUT2D eigenvalue weighted by Gasteiger charge is 2.23. The summed E-state index contributed by atoms with van der Waals surface area (Å²) in [4.78, 5) is 5.84. The lowest BCUT2D eigenvalue weighted by Gasteiger charge is -2.13.